The van der Waals surface area contributed by atoms with E-state index in [0.29, 0.717) is 12.2 Å². The number of nitrogens with one attached hydrogen (secondary N) is 1. The summed E-state index contributed by atoms with van der Waals surface area (Å²) in [5.41, 5.74) is 2.20. The van der Waals surface area contributed by atoms with Crippen LogP contribution < -0.4 is 5.32 Å². The molecule has 0 radical (unpaired) electrons. The summed E-state index contributed by atoms with van der Waals surface area (Å²) >= 11 is 0. The predicted molar refractivity (Wildman–Crippen MR) is 73.4 cm³/mol. The SMILES string of the molecule is CCCC(Nc1nc(C)nc2c1CCCC2)C(=O)O. The predicted octanol–water partition coefficient (Wildman–Crippen LogP) is 2.33. The van der Waals surface area contributed by atoms with Crippen molar-refractivity contribution in [2.75, 3.05) is 5.32 Å². The van der Waals surface area contributed by atoms with Gasteiger partial charge in [0, 0.05) is 11.3 Å². The Morgan fingerprint density at radius 2 is 2.11 bits per heavy atom. The Morgan fingerprint density at radius 3 is 2.79 bits per heavy atom. The molecule has 5 heteroatoms. The molecule has 1 aliphatic carbocycles. The average Bonchev–Trinajstić information content (AvgIpc) is 2.37. The van der Waals surface area contributed by atoms with E-state index in [1.807, 2.05) is 13.8 Å². The maximum Gasteiger partial charge on any atom is 0.326 e. The zero-order valence-electron chi connectivity index (χ0n) is 11.6. The first kappa shape index (κ1) is 13.8. The summed E-state index contributed by atoms with van der Waals surface area (Å²) in [5.74, 6) is 0.620. The van der Waals surface area contributed by atoms with Crippen LogP contribution in [0.4, 0.5) is 5.82 Å². The highest BCUT2D eigenvalue weighted by Crippen LogP contribution is 2.26. The fourth-order valence-electron chi connectivity index (χ4n) is 2.55. The summed E-state index contributed by atoms with van der Waals surface area (Å²) in [6, 6.07) is -0.565. The lowest BCUT2D eigenvalue weighted by molar-refractivity contribution is -0.138. The molecule has 0 fully saturated rings. The molecule has 1 aromatic heterocycles. The van der Waals surface area contributed by atoms with Gasteiger partial charge >= 0.3 is 5.97 Å². The lowest BCUT2D eigenvalue weighted by Gasteiger charge is -2.21. The largest absolute Gasteiger partial charge is 0.480 e. The number of carboxylic acid groups (broad SMARTS) is 1. The van der Waals surface area contributed by atoms with Crippen molar-refractivity contribution >= 4 is 11.8 Å². The quantitative estimate of drug-likeness (QED) is 0.852. The Morgan fingerprint density at radius 1 is 1.37 bits per heavy atom. The maximum atomic E-state index is 11.2. The highest BCUT2D eigenvalue weighted by molar-refractivity contribution is 5.77. The molecule has 5 nitrogen and oxygen atoms in total. The maximum absolute atomic E-state index is 11.2. The molecule has 19 heavy (non-hydrogen) atoms. The number of carbonyl (C=O) groups is 1. The summed E-state index contributed by atoms with van der Waals surface area (Å²) in [6.45, 7) is 3.84. The van der Waals surface area contributed by atoms with Gasteiger partial charge in [0.05, 0.1) is 0 Å². The number of rotatable bonds is 5. The van der Waals surface area contributed by atoms with Gasteiger partial charge in [-0.2, -0.15) is 0 Å². The lowest BCUT2D eigenvalue weighted by Crippen LogP contribution is -2.30. The van der Waals surface area contributed by atoms with Crippen molar-refractivity contribution in [3.8, 4) is 0 Å². The van der Waals surface area contributed by atoms with Gasteiger partial charge < -0.3 is 10.4 Å². The molecular weight excluding hydrogens is 242 g/mol. The zero-order chi connectivity index (χ0) is 13.8. The second-order valence-electron chi connectivity index (χ2n) is 5.08. The highest BCUT2D eigenvalue weighted by atomic mass is 16.4. The molecule has 0 bridgehead atoms. The first-order chi connectivity index (χ1) is 9.11. The number of aliphatic carboxylic acids is 1. The second-order valence-corrected chi connectivity index (χ2v) is 5.08. The topological polar surface area (TPSA) is 75.1 Å². The van der Waals surface area contributed by atoms with Crippen LogP contribution in [0, 0.1) is 6.92 Å². The van der Waals surface area contributed by atoms with E-state index in [0.717, 1.165) is 49.2 Å². The number of nitrogens with zero attached hydrogens (tertiary/aromatic N) is 2. The molecule has 0 aromatic carbocycles. The lowest BCUT2D eigenvalue weighted by atomic mass is 9.96. The minimum Gasteiger partial charge on any atom is -0.480 e. The summed E-state index contributed by atoms with van der Waals surface area (Å²) < 4.78 is 0. The Hall–Kier alpha value is -1.65. The van der Waals surface area contributed by atoms with E-state index in [-0.39, 0.29) is 0 Å². The molecule has 1 unspecified atom stereocenters. The van der Waals surface area contributed by atoms with Crippen molar-refractivity contribution in [3.63, 3.8) is 0 Å². The molecule has 0 saturated heterocycles. The van der Waals surface area contributed by atoms with Crippen molar-refractivity contribution in [1.29, 1.82) is 0 Å². The van der Waals surface area contributed by atoms with Gasteiger partial charge in [-0.3, -0.25) is 0 Å². The van der Waals surface area contributed by atoms with Gasteiger partial charge in [0.1, 0.15) is 17.7 Å². The third-order valence-corrected chi connectivity index (χ3v) is 3.48. The summed E-state index contributed by atoms with van der Waals surface area (Å²) in [7, 11) is 0. The molecule has 0 saturated carbocycles. The minimum atomic E-state index is -0.817. The Kier molecular flexibility index (Phi) is 4.35. The van der Waals surface area contributed by atoms with Gasteiger partial charge in [0.25, 0.3) is 0 Å². The van der Waals surface area contributed by atoms with Crippen LogP contribution in [0.15, 0.2) is 0 Å². The normalized spacial score (nSPS) is 15.7. The zero-order valence-corrected chi connectivity index (χ0v) is 11.6. The smallest absolute Gasteiger partial charge is 0.326 e. The monoisotopic (exact) mass is 263 g/mol. The molecule has 2 rings (SSSR count). The molecule has 1 heterocycles. The molecule has 0 amide bonds. The molecule has 2 N–H and O–H groups in total. The van der Waals surface area contributed by atoms with Crippen molar-refractivity contribution in [1.82, 2.24) is 9.97 Å². The first-order valence-corrected chi connectivity index (χ1v) is 6.97. The molecule has 104 valence electrons. The molecule has 1 aromatic rings. The van der Waals surface area contributed by atoms with E-state index >= 15 is 0 Å². The van der Waals surface area contributed by atoms with E-state index in [2.05, 4.69) is 15.3 Å². The number of aryl methyl sites for hydroxylation is 2. The summed E-state index contributed by atoms with van der Waals surface area (Å²) in [4.78, 5) is 20.1. The molecular formula is C14H21N3O2. The van der Waals surface area contributed by atoms with Gasteiger partial charge in [0.15, 0.2) is 0 Å². The highest BCUT2D eigenvalue weighted by Gasteiger charge is 2.22. The van der Waals surface area contributed by atoms with Crippen molar-refractivity contribution in [2.45, 2.75) is 58.4 Å². The van der Waals surface area contributed by atoms with Crippen LogP contribution in [-0.2, 0) is 17.6 Å². The van der Waals surface area contributed by atoms with Crippen molar-refractivity contribution in [3.05, 3.63) is 17.1 Å². The van der Waals surface area contributed by atoms with Gasteiger partial charge in [-0.1, -0.05) is 13.3 Å². The van der Waals surface area contributed by atoms with E-state index in [9.17, 15) is 9.90 Å². The fraction of sp³-hybridized carbons (Fsp3) is 0.643. The summed E-state index contributed by atoms with van der Waals surface area (Å²) in [6.07, 6.45) is 5.62. The van der Waals surface area contributed by atoms with Crippen LogP contribution in [0.2, 0.25) is 0 Å². The minimum absolute atomic E-state index is 0.565. The van der Waals surface area contributed by atoms with Crippen molar-refractivity contribution < 1.29 is 9.90 Å². The third kappa shape index (κ3) is 3.22. The number of carboxylic acids is 1. The molecule has 1 aliphatic rings. The van der Waals surface area contributed by atoms with Gasteiger partial charge in [-0.25, -0.2) is 14.8 Å². The third-order valence-electron chi connectivity index (χ3n) is 3.48. The van der Waals surface area contributed by atoms with E-state index in [4.69, 9.17) is 0 Å². The molecule has 0 aliphatic heterocycles. The number of aromatic nitrogens is 2. The molecule has 0 spiro atoms. The van der Waals surface area contributed by atoms with Crippen LogP contribution in [0.25, 0.3) is 0 Å². The average molecular weight is 263 g/mol. The van der Waals surface area contributed by atoms with E-state index in [1.165, 1.54) is 0 Å². The van der Waals surface area contributed by atoms with Crippen LogP contribution in [0.3, 0.4) is 0 Å². The number of anilines is 1. The second kappa shape index (κ2) is 5.99. The van der Waals surface area contributed by atoms with Crippen LogP contribution in [0.1, 0.15) is 49.7 Å². The van der Waals surface area contributed by atoms with Gasteiger partial charge in [0.2, 0.25) is 0 Å². The van der Waals surface area contributed by atoms with Crippen LogP contribution >= 0.6 is 0 Å². The number of fused-ring (bicyclic) bond motifs is 1. The van der Waals surface area contributed by atoms with Gasteiger partial charge in [-0.05, 0) is 39.0 Å². The number of hydrogen-bond acceptors (Lipinski definition) is 4. The van der Waals surface area contributed by atoms with Crippen LogP contribution in [-0.4, -0.2) is 27.1 Å². The standard InChI is InChI=1S/C14H21N3O2/c1-3-6-12(14(18)19)17-13-10-7-4-5-8-11(10)15-9(2)16-13/h12H,3-8H2,1-2H3,(H,18,19)(H,15,16,17). The van der Waals surface area contributed by atoms with E-state index in [1.54, 1.807) is 0 Å². The summed E-state index contributed by atoms with van der Waals surface area (Å²) in [5, 5.41) is 12.3. The van der Waals surface area contributed by atoms with Crippen LogP contribution in [0.5, 0.6) is 0 Å². The first-order valence-electron chi connectivity index (χ1n) is 6.97. The van der Waals surface area contributed by atoms with Gasteiger partial charge in [-0.15, -0.1) is 0 Å². The molecule has 1 atom stereocenters. The van der Waals surface area contributed by atoms with E-state index < -0.39 is 12.0 Å². The fourth-order valence-corrected chi connectivity index (χ4v) is 2.55. The van der Waals surface area contributed by atoms with Crippen molar-refractivity contribution in [2.24, 2.45) is 0 Å². The number of hydrogen-bond donors (Lipinski definition) is 2. The Balaban J connectivity index is 2.28. The Bertz CT molecular complexity index is 474. The Labute approximate surface area is 113 Å².